The zero-order valence-corrected chi connectivity index (χ0v) is 10.9. The van der Waals surface area contributed by atoms with Gasteiger partial charge in [-0.3, -0.25) is 0 Å². The van der Waals surface area contributed by atoms with Gasteiger partial charge in [0.15, 0.2) is 0 Å². The second-order valence-corrected chi connectivity index (χ2v) is 6.05. The Balaban J connectivity index is 2.01. The highest BCUT2D eigenvalue weighted by atomic mass is 16.6. The molecule has 0 aromatic rings. The molecular formula is C15H20O4. The van der Waals surface area contributed by atoms with Gasteiger partial charge in [0, 0.05) is 18.1 Å². The molecule has 0 bridgehead atoms. The molecule has 0 amide bonds. The molecule has 19 heavy (non-hydrogen) atoms. The normalized spacial score (nSPS) is 45.7. The van der Waals surface area contributed by atoms with Gasteiger partial charge in [0.1, 0.15) is 6.10 Å². The minimum atomic E-state index is -0.651. The van der Waals surface area contributed by atoms with Gasteiger partial charge in [0.25, 0.3) is 0 Å². The summed E-state index contributed by atoms with van der Waals surface area (Å²) in [4.78, 5) is 11.7. The summed E-state index contributed by atoms with van der Waals surface area (Å²) in [6.07, 6.45) is 1.37. The number of fused-ring (bicyclic) bond motifs is 3. The quantitative estimate of drug-likeness (QED) is 0.422. The first-order valence-electron chi connectivity index (χ1n) is 6.91. The molecule has 1 saturated heterocycles. The van der Waals surface area contributed by atoms with Crippen molar-refractivity contribution in [1.82, 2.24) is 0 Å². The van der Waals surface area contributed by atoms with Crippen LogP contribution >= 0.6 is 0 Å². The lowest BCUT2D eigenvalue weighted by Gasteiger charge is -2.29. The Kier molecular flexibility index (Phi) is 3.02. The van der Waals surface area contributed by atoms with Crippen LogP contribution in [0.15, 0.2) is 24.3 Å². The first kappa shape index (κ1) is 12.9. The maximum Gasteiger partial charge on any atom is 0.334 e. The van der Waals surface area contributed by atoms with Crippen LogP contribution < -0.4 is 0 Å². The van der Waals surface area contributed by atoms with Crippen molar-refractivity contribution in [1.29, 1.82) is 0 Å². The smallest absolute Gasteiger partial charge is 0.334 e. The molecule has 2 N–H and O–H groups in total. The fourth-order valence-electron chi connectivity index (χ4n) is 4.22. The van der Waals surface area contributed by atoms with E-state index in [0.717, 1.165) is 18.4 Å². The summed E-state index contributed by atoms with van der Waals surface area (Å²) in [7, 11) is 0. The molecule has 0 aromatic heterocycles. The number of aliphatic hydroxyl groups excluding tert-OH is 2. The van der Waals surface area contributed by atoms with Gasteiger partial charge in [-0.1, -0.05) is 18.7 Å². The average Bonchev–Trinajstić information content (AvgIpc) is 2.88. The molecule has 0 unspecified atom stereocenters. The van der Waals surface area contributed by atoms with Crippen LogP contribution in [0, 0.1) is 23.7 Å². The predicted octanol–water partition coefficient (Wildman–Crippen LogP) is 1.04. The summed E-state index contributed by atoms with van der Waals surface area (Å²) in [5.74, 6) is -0.308. The van der Waals surface area contributed by atoms with Gasteiger partial charge in [0.05, 0.1) is 12.0 Å². The summed E-state index contributed by atoms with van der Waals surface area (Å²) < 4.78 is 5.47. The maximum absolute atomic E-state index is 11.7. The molecule has 2 saturated carbocycles. The van der Waals surface area contributed by atoms with Crippen LogP contribution in [-0.2, 0) is 9.53 Å². The molecule has 2 aliphatic carbocycles. The molecule has 3 aliphatic rings. The third-order valence-corrected chi connectivity index (χ3v) is 5.14. The van der Waals surface area contributed by atoms with Gasteiger partial charge in [-0.2, -0.15) is 0 Å². The zero-order valence-electron chi connectivity index (χ0n) is 10.9. The fourth-order valence-corrected chi connectivity index (χ4v) is 4.22. The van der Waals surface area contributed by atoms with Gasteiger partial charge in [-0.25, -0.2) is 4.79 Å². The van der Waals surface area contributed by atoms with E-state index in [1.54, 1.807) is 0 Å². The molecule has 1 heterocycles. The Labute approximate surface area is 112 Å². The van der Waals surface area contributed by atoms with Crippen LogP contribution in [0.3, 0.4) is 0 Å². The lowest BCUT2D eigenvalue weighted by molar-refractivity contribution is -0.143. The van der Waals surface area contributed by atoms with E-state index in [-0.39, 0.29) is 36.4 Å². The van der Waals surface area contributed by atoms with Crippen LogP contribution in [-0.4, -0.2) is 35.0 Å². The average molecular weight is 264 g/mol. The highest BCUT2D eigenvalue weighted by Crippen LogP contribution is 2.52. The molecule has 0 spiro atoms. The fraction of sp³-hybridized carbons (Fsp3) is 0.667. The Bertz CT molecular complexity index is 441. The topological polar surface area (TPSA) is 66.8 Å². The van der Waals surface area contributed by atoms with E-state index < -0.39 is 12.1 Å². The van der Waals surface area contributed by atoms with Crippen molar-refractivity contribution >= 4 is 5.97 Å². The van der Waals surface area contributed by atoms with Crippen molar-refractivity contribution in [2.75, 3.05) is 6.61 Å². The third-order valence-electron chi connectivity index (χ3n) is 5.14. The van der Waals surface area contributed by atoms with Crippen molar-refractivity contribution in [3.8, 4) is 0 Å². The number of ether oxygens (including phenoxy) is 1. The minimum absolute atomic E-state index is 0.0721. The standard InChI is InChI=1S/C15H20O4/c1-7-5-11(17)12-8(2)15(18)19-14(12)13-9(6-16)3-4-10(7)13/h9-14,16-17H,1-6H2/t9-,10+,11+,12-,13+,14+/m1/s1. The minimum Gasteiger partial charge on any atom is -0.458 e. The van der Waals surface area contributed by atoms with Crippen LogP contribution in [0.1, 0.15) is 19.3 Å². The van der Waals surface area contributed by atoms with Crippen molar-refractivity contribution in [2.24, 2.45) is 23.7 Å². The zero-order chi connectivity index (χ0) is 13.7. The molecule has 4 heteroatoms. The van der Waals surface area contributed by atoms with E-state index in [1.165, 1.54) is 0 Å². The van der Waals surface area contributed by atoms with Gasteiger partial charge in [0.2, 0.25) is 0 Å². The van der Waals surface area contributed by atoms with Crippen LogP contribution in [0.4, 0.5) is 0 Å². The van der Waals surface area contributed by atoms with Gasteiger partial charge in [-0.05, 0) is 31.1 Å². The molecule has 3 rings (SSSR count). The number of rotatable bonds is 1. The summed E-state index contributed by atoms with van der Waals surface area (Å²) in [5, 5.41) is 19.9. The van der Waals surface area contributed by atoms with Crippen molar-refractivity contribution in [3.63, 3.8) is 0 Å². The van der Waals surface area contributed by atoms with E-state index in [1.807, 2.05) is 0 Å². The Hall–Kier alpha value is -1.13. The van der Waals surface area contributed by atoms with E-state index in [0.29, 0.717) is 12.0 Å². The number of carbonyl (C=O) groups excluding carboxylic acids is 1. The predicted molar refractivity (Wildman–Crippen MR) is 69.1 cm³/mol. The molecule has 4 nitrogen and oxygen atoms in total. The summed E-state index contributed by atoms with van der Waals surface area (Å²) in [5.41, 5.74) is 1.39. The van der Waals surface area contributed by atoms with E-state index in [2.05, 4.69) is 13.2 Å². The first-order chi connectivity index (χ1) is 9.04. The van der Waals surface area contributed by atoms with Gasteiger partial charge >= 0.3 is 5.97 Å². The SMILES string of the molecule is C=C1C(=O)O[C@H]2[C@H]1[C@@H](O)CC(=C)[C@@H]1CC[C@H](CO)[C@H]21. The van der Waals surface area contributed by atoms with Gasteiger partial charge < -0.3 is 14.9 Å². The van der Waals surface area contributed by atoms with E-state index >= 15 is 0 Å². The van der Waals surface area contributed by atoms with Crippen LogP contribution in [0.25, 0.3) is 0 Å². The molecule has 0 radical (unpaired) electrons. The summed E-state index contributed by atoms with van der Waals surface area (Å²) in [6, 6.07) is 0. The first-order valence-corrected chi connectivity index (χ1v) is 6.91. The second kappa shape index (κ2) is 4.46. The monoisotopic (exact) mass is 264 g/mol. The third kappa shape index (κ3) is 1.77. The number of carbonyl (C=O) groups is 1. The highest BCUT2D eigenvalue weighted by molar-refractivity contribution is 5.91. The van der Waals surface area contributed by atoms with E-state index in [4.69, 9.17) is 4.74 Å². The number of aliphatic hydroxyl groups is 2. The van der Waals surface area contributed by atoms with Crippen LogP contribution in [0.2, 0.25) is 0 Å². The molecular weight excluding hydrogens is 244 g/mol. The van der Waals surface area contributed by atoms with Crippen molar-refractivity contribution in [3.05, 3.63) is 24.3 Å². The molecule has 6 atom stereocenters. The van der Waals surface area contributed by atoms with Gasteiger partial charge in [-0.15, -0.1) is 0 Å². The Morgan fingerprint density at radius 1 is 1.32 bits per heavy atom. The van der Waals surface area contributed by atoms with E-state index in [9.17, 15) is 15.0 Å². The number of hydrogen-bond acceptors (Lipinski definition) is 4. The largest absolute Gasteiger partial charge is 0.458 e. The highest BCUT2D eigenvalue weighted by Gasteiger charge is 2.55. The van der Waals surface area contributed by atoms with Crippen molar-refractivity contribution in [2.45, 2.75) is 31.5 Å². The lowest BCUT2D eigenvalue weighted by Crippen LogP contribution is -2.36. The Morgan fingerprint density at radius 3 is 2.74 bits per heavy atom. The molecule has 0 aromatic carbocycles. The maximum atomic E-state index is 11.7. The number of esters is 1. The molecule has 3 fully saturated rings. The number of hydrogen-bond donors (Lipinski definition) is 2. The Morgan fingerprint density at radius 2 is 2.05 bits per heavy atom. The molecule has 104 valence electrons. The van der Waals surface area contributed by atoms with Crippen molar-refractivity contribution < 1.29 is 19.7 Å². The molecule has 1 aliphatic heterocycles. The lowest BCUT2D eigenvalue weighted by atomic mass is 9.79. The summed E-state index contributed by atoms with van der Waals surface area (Å²) in [6.45, 7) is 7.97. The second-order valence-electron chi connectivity index (χ2n) is 6.05. The van der Waals surface area contributed by atoms with Crippen LogP contribution in [0.5, 0.6) is 0 Å². The summed E-state index contributed by atoms with van der Waals surface area (Å²) >= 11 is 0.